The molecule has 0 bridgehead atoms. The Kier molecular flexibility index (Phi) is 7.64. The third kappa shape index (κ3) is 5.88. The maximum absolute atomic E-state index is 12.5. The molecule has 1 aromatic carbocycles. The summed E-state index contributed by atoms with van der Waals surface area (Å²) in [5.41, 5.74) is 2.38. The third-order valence-corrected chi connectivity index (χ3v) is 3.98. The van der Waals surface area contributed by atoms with E-state index in [1.54, 1.807) is 4.90 Å². The summed E-state index contributed by atoms with van der Waals surface area (Å²) in [5.74, 6) is -0.182. The summed E-state index contributed by atoms with van der Waals surface area (Å²) >= 11 is 0. The van der Waals surface area contributed by atoms with Gasteiger partial charge in [-0.1, -0.05) is 36.8 Å². The van der Waals surface area contributed by atoms with E-state index in [9.17, 15) is 9.59 Å². The van der Waals surface area contributed by atoms with Crippen molar-refractivity contribution < 1.29 is 14.3 Å². The van der Waals surface area contributed by atoms with Crippen LogP contribution >= 0.6 is 0 Å². The van der Waals surface area contributed by atoms with E-state index in [0.29, 0.717) is 13.0 Å². The van der Waals surface area contributed by atoms with Crippen LogP contribution in [0.5, 0.6) is 0 Å². The van der Waals surface area contributed by atoms with Gasteiger partial charge >= 0.3 is 5.97 Å². The van der Waals surface area contributed by atoms with Crippen molar-refractivity contribution in [1.29, 1.82) is 0 Å². The van der Waals surface area contributed by atoms with Crippen LogP contribution in [0.3, 0.4) is 0 Å². The highest BCUT2D eigenvalue weighted by Crippen LogP contribution is 2.11. The van der Waals surface area contributed by atoms with Crippen LogP contribution in [-0.2, 0) is 20.7 Å². The summed E-state index contributed by atoms with van der Waals surface area (Å²) in [5, 5.41) is 0. The highest BCUT2D eigenvalue weighted by atomic mass is 16.5. The Morgan fingerprint density at radius 2 is 1.82 bits per heavy atom. The molecule has 0 aliphatic rings. The zero-order valence-corrected chi connectivity index (χ0v) is 14.1. The summed E-state index contributed by atoms with van der Waals surface area (Å²) in [6, 6.07) is 8.37. The normalized spacial score (nSPS) is 11.8. The largest absolute Gasteiger partial charge is 0.469 e. The van der Waals surface area contributed by atoms with Gasteiger partial charge in [0.15, 0.2) is 0 Å². The fraction of sp³-hybridized carbons (Fsp3) is 0.556. The molecule has 1 aromatic rings. The molecule has 0 aromatic heterocycles. The van der Waals surface area contributed by atoms with Gasteiger partial charge in [0.2, 0.25) is 5.91 Å². The van der Waals surface area contributed by atoms with Crippen molar-refractivity contribution in [3.05, 3.63) is 35.4 Å². The van der Waals surface area contributed by atoms with Gasteiger partial charge < -0.3 is 9.64 Å². The van der Waals surface area contributed by atoms with Gasteiger partial charge in [0.25, 0.3) is 0 Å². The molecule has 22 heavy (non-hydrogen) atoms. The number of methoxy groups -OCH3 is 1. The monoisotopic (exact) mass is 305 g/mol. The fourth-order valence-corrected chi connectivity index (χ4v) is 2.27. The first-order chi connectivity index (χ1) is 10.5. The first-order valence-electron chi connectivity index (χ1n) is 7.89. The van der Waals surface area contributed by atoms with Crippen molar-refractivity contribution in [2.24, 2.45) is 0 Å². The lowest BCUT2D eigenvalue weighted by Crippen LogP contribution is -2.40. The van der Waals surface area contributed by atoms with E-state index in [1.165, 1.54) is 12.7 Å². The van der Waals surface area contributed by atoms with Crippen molar-refractivity contribution in [3.63, 3.8) is 0 Å². The van der Waals surface area contributed by atoms with Crippen molar-refractivity contribution in [3.8, 4) is 0 Å². The third-order valence-electron chi connectivity index (χ3n) is 3.98. The van der Waals surface area contributed by atoms with E-state index in [-0.39, 0.29) is 24.3 Å². The fourth-order valence-electron chi connectivity index (χ4n) is 2.27. The Morgan fingerprint density at radius 1 is 1.18 bits per heavy atom. The molecule has 0 saturated carbocycles. The van der Waals surface area contributed by atoms with Gasteiger partial charge in [0.1, 0.15) is 0 Å². The zero-order chi connectivity index (χ0) is 16.5. The molecule has 1 amide bonds. The Labute approximate surface area is 133 Å². The number of amides is 1. The molecule has 4 heteroatoms. The SMILES string of the molecule is CCC(C)N(CCC(=O)OC)C(=O)CCc1ccc(C)cc1. The first-order valence-corrected chi connectivity index (χ1v) is 7.89. The highest BCUT2D eigenvalue weighted by molar-refractivity contribution is 5.77. The van der Waals surface area contributed by atoms with Crippen molar-refractivity contribution in [2.45, 2.75) is 52.5 Å². The topological polar surface area (TPSA) is 46.6 Å². The number of carbonyl (C=O) groups is 2. The minimum atomic E-state index is -0.278. The molecule has 4 nitrogen and oxygen atoms in total. The van der Waals surface area contributed by atoms with Crippen LogP contribution in [0.4, 0.5) is 0 Å². The van der Waals surface area contributed by atoms with E-state index in [1.807, 2.05) is 20.8 Å². The molecule has 0 aliphatic heterocycles. The molecule has 1 unspecified atom stereocenters. The Bertz CT molecular complexity index is 482. The highest BCUT2D eigenvalue weighted by Gasteiger charge is 2.19. The molecule has 1 rings (SSSR count). The predicted molar refractivity (Wildman–Crippen MR) is 87.6 cm³/mol. The maximum Gasteiger partial charge on any atom is 0.307 e. The number of carbonyl (C=O) groups excluding carboxylic acids is 2. The lowest BCUT2D eigenvalue weighted by atomic mass is 10.1. The number of esters is 1. The predicted octanol–water partition coefficient (Wildman–Crippen LogP) is 3.12. The lowest BCUT2D eigenvalue weighted by Gasteiger charge is -2.28. The molecule has 122 valence electrons. The molecule has 0 radical (unpaired) electrons. The van der Waals surface area contributed by atoms with Crippen LogP contribution in [0.2, 0.25) is 0 Å². The standard InChI is InChI=1S/C18H27NO3/c1-5-15(3)19(13-12-18(21)22-4)17(20)11-10-16-8-6-14(2)7-9-16/h6-9,15H,5,10-13H2,1-4H3. The van der Waals surface area contributed by atoms with Gasteiger partial charge in [0, 0.05) is 19.0 Å². The van der Waals surface area contributed by atoms with Crippen molar-refractivity contribution >= 4 is 11.9 Å². The van der Waals surface area contributed by atoms with E-state index in [2.05, 4.69) is 29.0 Å². The smallest absolute Gasteiger partial charge is 0.307 e. The number of rotatable bonds is 8. The van der Waals surface area contributed by atoms with Gasteiger partial charge in [-0.15, -0.1) is 0 Å². The van der Waals surface area contributed by atoms with Crippen LogP contribution < -0.4 is 0 Å². The minimum Gasteiger partial charge on any atom is -0.469 e. The van der Waals surface area contributed by atoms with Gasteiger partial charge in [-0.2, -0.15) is 0 Å². The molecule has 1 atom stereocenters. The van der Waals surface area contributed by atoms with Crippen LogP contribution in [0.1, 0.15) is 44.2 Å². The van der Waals surface area contributed by atoms with E-state index in [0.717, 1.165) is 18.4 Å². The van der Waals surface area contributed by atoms with Crippen LogP contribution in [0.25, 0.3) is 0 Å². The van der Waals surface area contributed by atoms with Gasteiger partial charge in [-0.25, -0.2) is 0 Å². The average Bonchev–Trinajstić information content (AvgIpc) is 2.53. The van der Waals surface area contributed by atoms with Crippen molar-refractivity contribution in [1.82, 2.24) is 4.90 Å². The quantitative estimate of drug-likeness (QED) is 0.693. The van der Waals surface area contributed by atoms with E-state index < -0.39 is 0 Å². The summed E-state index contributed by atoms with van der Waals surface area (Å²) in [6.45, 7) is 6.53. The molecular weight excluding hydrogens is 278 g/mol. The van der Waals surface area contributed by atoms with Gasteiger partial charge in [0.05, 0.1) is 13.5 Å². The molecule has 0 fully saturated rings. The number of nitrogens with zero attached hydrogens (tertiary/aromatic N) is 1. The number of ether oxygens (including phenoxy) is 1. The Morgan fingerprint density at radius 3 is 2.36 bits per heavy atom. The second kappa shape index (κ2) is 9.23. The van der Waals surface area contributed by atoms with E-state index in [4.69, 9.17) is 0 Å². The first kappa shape index (κ1) is 18.2. The average molecular weight is 305 g/mol. The molecular formula is C18H27NO3. The van der Waals surface area contributed by atoms with Gasteiger partial charge in [-0.3, -0.25) is 9.59 Å². The van der Waals surface area contributed by atoms with Crippen molar-refractivity contribution in [2.75, 3.05) is 13.7 Å². The van der Waals surface area contributed by atoms with Crippen LogP contribution in [0, 0.1) is 6.92 Å². The number of hydrogen-bond donors (Lipinski definition) is 0. The summed E-state index contributed by atoms with van der Waals surface area (Å²) in [4.78, 5) is 25.6. The second-order valence-electron chi connectivity index (χ2n) is 5.66. The lowest BCUT2D eigenvalue weighted by molar-refractivity contribution is -0.142. The summed E-state index contributed by atoms with van der Waals surface area (Å²) in [6.07, 6.45) is 2.31. The molecule has 0 heterocycles. The second-order valence-corrected chi connectivity index (χ2v) is 5.66. The van der Waals surface area contributed by atoms with Crippen LogP contribution in [-0.4, -0.2) is 36.5 Å². The van der Waals surface area contributed by atoms with Gasteiger partial charge in [-0.05, 0) is 32.3 Å². The molecule has 0 saturated heterocycles. The molecule has 0 spiro atoms. The minimum absolute atomic E-state index is 0.0961. The summed E-state index contributed by atoms with van der Waals surface area (Å²) in [7, 11) is 1.37. The molecule has 0 N–H and O–H groups in total. The zero-order valence-electron chi connectivity index (χ0n) is 14.1. The van der Waals surface area contributed by atoms with E-state index >= 15 is 0 Å². The number of benzene rings is 1. The Balaban J connectivity index is 2.58. The maximum atomic E-state index is 12.5. The number of aryl methyl sites for hydroxylation is 2. The Hall–Kier alpha value is -1.84. The summed E-state index contributed by atoms with van der Waals surface area (Å²) < 4.78 is 4.66. The van der Waals surface area contributed by atoms with Crippen LogP contribution in [0.15, 0.2) is 24.3 Å². The molecule has 0 aliphatic carbocycles. The number of hydrogen-bond acceptors (Lipinski definition) is 3.